The number of nitrogens with zero attached hydrogens (tertiary/aromatic N) is 1. The minimum absolute atomic E-state index is 0.0684. The summed E-state index contributed by atoms with van der Waals surface area (Å²) in [4.78, 5) is 24.3. The van der Waals surface area contributed by atoms with Crippen LogP contribution in [-0.2, 0) is 9.59 Å². The summed E-state index contributed by atoms with van der Waals surface area (Å²) in [5, 5.41) is 8.82. The van der Waals surface area contributed by atoms with Crippen molar-refractivity contribution in [1.82, 2.24) is 4.90 Å². The number of hydrogen-bond donors (Lipinski definition) is 2. The van der Waals surface area contributed by atoms with E-state index >= 15 is 0 Å². The van der Waals surface area contributed by atoms with Crippen LogP contribution >= 0.6 is 0 Å². The largest absolute Gasteiger partial charge is 0.481 e. The fraction of sp³-hybridized carbons (Fsp3) is 0.818. The Morgan fingerprint density at radius 3 is 2.44 bits per heavy atom. The van der Waals surface area contributed by atoms with E-state index in [-0.39, 0.29) is 23.7 Å². The highest BCUT2D eigenvalue weighted by Gasteiger charge is 2.38. The lowest BCUT2D eigenvalue weighted by atomic mass is 9.86. The van der Waals surface area contributed by atoms with E-state index in [2.05, 4.69) is 0 Å². The quantitative estimate of drug-likeness (QED) is 0.701. The number of carboxylic acids is 1. The summed E-state index contributed by atoms with van der Waals surface area (Å²) in [6.07, 6.45) is 0.741. The van der Waals surface area contributed by atoms with Crippen LogP contribution in [0, 0.1) is 17.8 Å². The van der Waals surface area contributed by atoms with Gasteiger partial charge in [-0.3, -0.25) is 9.59 Å². The maximum absolute atomic E-state index is 11.8. The van der Waals surface area contributed by atoms with Gasteiger partial charge in [0, 0.05) is 25.6 Å². The summed E-state index contributed by atoms with van der Waals surface area (Å²) >= 11 is 0. The zero-order valence-electron chi connectivity index (χ0n) is 9.85. The van der Waals surface area contributed by atoms with Gasteiger partial charge in [-0.15, -0.1) is 0 Å². The second-order valence-corrected chi connectivity index (χ2v) is 4.47. The maximum atomic E-state index is 11.8. The first-order valence-electron chi connectivity index (χ1n) is 5.72. The number of likely N-dealkylation sites (tertiary alicyclic amines) is 1. The molecule has 0 saturated carbocycles. The first kappa shape index (κ1) is 13.0. The van der Waals surface area contributed by atoms with Gasteiger partial charge in [0.2, 0.25) is 5.91 Å². The molecular formula is C11H20N2O3. The molecule has 1 saturated heterocycles. The van der Waals surface area contributed by atoms with Crippen molar-refractivity contribution >= 4 is 11.9 Å². The zero-order chi connectivity index (χ0) is 12.3. The van der Waals surface area contributed by atoms with E-state index in [9.17, 15) is 9.59 Å². The van der Waals surface area contributed by atoms with Crippen LogP contribution in [0.1, 0.15) is 20.3 Å². The number of aliphatic carboxylic acids is 1. The first-order valence-corrected chi connectivity index (χ1v) is 5.72. The van der Waals surface area contributed by atoms with Crippen molar-refractivity contribution in [2.24, 2.45) is 23.5 Å². The molecule has 0 aliphatic carbocycles. The highest BCUT2D eigenvalue weighted by atomic mass is 16.4. The molecule has 0 aromatic rings. The Morgan fingerprint density at radius 1 is 1.50 bits per heavy atom. The molecule has 5 heteroatoms. The molecule has 0 radical (unpaired) electrons. The molecule has 3 N–H and O–H groups in total. The number of carbonyl (C=O) groups excluding carboxylic acids is 1. The summed E-state index contributed by atoms with van der Waals surface area (Å²) in [7, 11) is 0. The molecule has 0 spiro atoms. The van der Waals surface area contributed by atoms with Crippen LogP contribution in [0.5, 0.6) is 0 Å². The van der Waals surface area contributed by atoms with Gasteiger partial charge in [0.15, 0.2) is 0 Å². The van der Waals surface area contributed by atoms with Gasteiger partial charge in [-0.2, -0.15) is 0 Å². The molecular weight excluding hydrogens is 208 g/mol. The minimum atomic E-state index is -0.789. The molecule has 5 nitrogen and oxygen atoms in total. The van der Waals surface area contributed by atoms with Crippen molar-refractivity contribution in [2.75, 3.05) is 19.6 Å². The van der Waals surface area contributed by atoms with Gasteiger partial charge in [0.1, 0.15) is 0 Å². The second-order valence-electron chi connectivity index (χ2n) is 4.47. The molecule has 16 heavy (non-hydrogen) atoms. The predicted molar refractivity (Wildman–Crippen MR) is 59.7 cm³/mol. The second kappa shape index (κ2) is 5.30. The van der Waals surface area contributed by atoms with Gasteiger partial charge < -0.3 is 15.7 Å². The standard InChI is InChI=1S/C11H20N2O3/c1-3-8(4-12)10(14)13-5-9(6-13)7(2)11(15)16/h7-9H,3-6,12H2,1-2H3,(H,15,16). The van der Waals surface area contributed by atoms with Crippen molar-refractivity contribution in [2.45, 2.75) is 20.3 Å². The zero-order valence-corrected chi connectivity index (χ0v) is 9.85. The van der Waals surface area contributed by atoms with Crippen LogP contribution < -0.4 is 5.73 Å². The molecule has 0 bridgehead atoms. The molecule has 1 aliphatic rings. The predicted octanol–water partition coefficient (Wildman–Crippen LogP) is 0.150. The highest BCUT2D eigenvalue weighted by Crippen LogP contribution is 2.25. The topological polar surface area (TPSA) is 83.6 Å². The first-order chi connectivity index (χ1) is 7.51. The number of hydrogen-bond acceptors (Lipinski definition) is 3. The third-order valence-electron chi connectivity index (χ3n) is 3.44. The number of amides is 1. The average Bonchev–Trinajstić information content (AvgIpc) is 2.17. The van der Waals surface area contributed by atoms with Crippen molar-refractivity contribution in [3.8, 4) is 0 Å². The number of carboxylic acid groups (broad SMARTS) is 1. The van der Waals surface area contributed by atoms with Gasteiger partial charge in [0.05, 0.1) is 11.8 Å². The molecule has 2 unspecified atom stereocenters. The number of rotatable bonds is 5. The lowest BCUT2D eigenvalue weighted by molar-refractivity contribution is -0.152. The molecule has 1 fully saturated rings. The van der Waals surface area contributed by atoms with Gasteiger partial charge >= 0.3 is 5.97 Å². The van der Waals surface area contributed by atoms with Crippen LogP contribution in [0.2, 0.25) is 0 Å². The fourth-order valence-corrected chi connectivity index (χ4v) is 1.91. The monoisotopic (exact) mass is 228 g/mol. The molecule has 1 rings (SSSR count). The Morgan fingerprint density at radius 2 is 2.06 bits per heavy atom. The Kier molecular flexibility index (Phi) is 4.29. The normalized spacial score (nSPS) is 20.1. The van der Waals surface area contributed by atoms with Crippen molar-refractivity contribution in [3.63, 3.8) is 0 Å². The summed E-state index contributed by atoms with van der Waals surface area (Å²) in [6, 6.07) is 0. The third-order valence-corrected chi connectivity index (χ3v) is 3.44. The van der Waals surface area contributed by atoms with Gasteiger partial charge in [-0.05, 0) is 6.42 Å². The van der Waals surface area contributed by atoms with E-state index in [0.717, 1.165) is 6.42 Å². The molecule has 1 heterocycles. The average molecular weight is 228 g/mol. The van der Waals surface area contributed by atoms with Crippen LogP contribution in [0.3, 0.4) is 0 Å². The van der Waals surface area contributed by atoms with Crippen LogP contribution in [0.4, 0.5) is 0 Å². The van der Waals surface area contributed by atoms with E-state index in [1.165, 1.54) is 0 Å². The summed E-state index contributed by atoms with van der Waals surface area (Å²) in [5.41, 5.74) is 5.50. The lowest BCUT2D eigenvalue weighted by Crippen LogP contribution is -2.55. The van der Waals surface area contributed by atoms with E-state index < -0.39 is 5.97 Å². The van der Waals surface area contributed by atoms with E-state index in [0.29, 0.717) is 19.6 Å². The summed E-state index contributed by atoms with van der Waals surface area (Å²) < 4.78 is 0. The van der Waals surface area contributed by atoms with Gasteiger partial charge in [0.25, 0.3) is 0 Å². The third kappa shape index (κ3) is 2.52. The molecule has 0 aromatic heterocycles. The SMILES string of the molecule is CCC(CN)C(=O)N1CC(C(C)C(=O)O)C1. The lowest BCUT2D eigenvalue weighted by Gasteiger charge is -2.42. The fourth-order valence-electron chi connectivity index (χ4n) is 1.91. The minimum Gasteiger partial charge on any atom is -0.481 e. The van der Waals surface area contributed by atoms with E-state index in [4.69, 9.17) is 10.8 Å². The van der Waals surface area contributed by atoms with E-state index in [1.54, 1.807) is 11.8 Å². The Hall–Kier alpha value is -1.10. The molecule has 2 atom stereocenters. The van der Waals surface area contributed by atoms with Crippen LogP contribution in [0.15, 0.2) is 0 Å². The van der Waals surface area contributed by atoms with Crippen LogP contribution in [0.25, 0.3) is 0 Å². The smallest absolute Gasteiger partial charge is 0.306 e. The van der Waals surface area contributed by atoms with Crippen molar-refractivity contribution < 1.29 is 14.7 Å². The molecule has 1 amide bonds. The van der Waals surface area contributed by atoms with Crippen molar-refractivity contribution in [3.05, 3.63) is 0 Å². The molecule has 0 aromatic carbocycles. The summed E-state index contributed by atoms with van der Waals surface area (Å²) in [5.74, 6) is -1.11. The summed E-state index contributed by atoms with van der Waals surface area (Å²) in [6.45, 7) is 5.11. The maximum Gasteiger partial charge on any atom is 0.306 e. The van der Waals surface area contributed by atoms with E-state index in [1.807, 2.05) is 6.92 Å². The van der Waals surface area contributed by atoms with Gasteiger partial charge in [-0.25, -0.2) is 0 Å². The molecule has 1 aliphatic heterocycles. The Balaban J connectivity index is 2.41. The number of carbonyl (C=O) groups is 2. The van der Waals surface area contributed by atoms with Crippen molar-refractivity contribution in [1.29, 1.82) is 0 Å². The highest BCUT2D eigenvalue weighted by molar-refractivity contribution is 5.80. The molecule has 92 valence electrons. The Bertz CT molecular complexity index is 270. The van der Waals surface area contributed by atoms with Gasteiger partial charge in [-0.1, -0.05) is 13.8 Å². The Labute approximate surface area is 95.6 Å². The number of nitrogens with two attached hydrogens (primary N) is 1. The van der Waals surface area contributed by atoms with Crippen LogP contribution in [-0.4, -0.2) is 41.5 Å².